The smallest absolute Gasteiger partial charge is 0.240 e. The second-order valence-corrected chi connectivity index (χ2v) is 12.7. The van der Waals surface area contributed by atoms with Gasteiger partial charge in [0, 0.05) is 32.3 Å². The minimum atomic E-state index is 0.487. The van der Waals surface area contributed by atoms with Crippen molar-refractivity contribution in [1.82, 2.24) is 33.6 Å². The summed E-state index contributed by atoms with van der Waals surface area (Å²) in [6, 6.07) is 56.7. The summed E-state index contributed by atoms with van der Waals surface area (Å²) in [6.45, 7) is 0. The highest BCUT2D eigenvalue weighted by Crippen LogP contribution is 2.35. The van der Waals surface area contributed by atoms with Crippen molar-refractivity contribution in [2.24, 2.45) is 0 Å². The lowest BCUT2D eigenvalue weighted by Crippen LogP contribution is -2.11. The summed E-state index contributed by atoms with van der Waals surface area (Å²) >= 11 is 0. The maximum atomic E-state index is 5.27. The Kier molecular flexibility index (Phi) is 5.83. The van der Waals surface area contributed by atoms with Crippen LogP contribution in [0.1, 0.15) is 0 Å². The Balaban J connectivity index is 1.22. The van der Waals surface area contributed by atoms with E-state index in [-0.39, 0.29) is 0 Å². The van der Waals surface area contributed by atoms with Crippen LogP contribution in [0.25, 0.3) is 94.7 Å². The summed E-state index contributed by atoms with van der Waals surface area (Å²) in [5.74, 6) is 2.33. The van der Waals surface area contributed by atoms with E-state index in [1.807, 2.05) is 18.2 Å². The average Bonchev–Trinajstić information content (AvgIpc) is 3.84. The lowest BCUT2D eigenvalue weighted by molar-refractivity contribution is 0.888. The zero-order valence-corrected chi connectivity index (χ0v) is 27.2. The van der Waals surface area contributed by atoms with E-state index in [4.69, 9.17) is 19.9 Å². The standard InChI is InChI=1S/C44H27N7/c1-7-21-35-28(14-1)29-15-2-8-22-36(29)49(35)41-27-13-20-34(45-41)42-46-43(50-37-23-9-3-16-30(37)31-17-4-10-24-38(31)50)48-44(47-42)51-39-25-11-5-18-32(39)33-19-6-12-26-40(33)51/h1-27H. The van der Waals surface area contributed by atoms with Gasteiger partial charge < -0.3 is 0 Å². The van der Waals surface area contributed by atoms with E-state index in [9.17, 15) is 0 Å². The first-order valence-corrected chi connectivity index (χ1v) is 17.0. The van der Waals surface area contributed by atoms with Crippen LogP contribution in [-0.4, -0.2) is 33.6 Å². The molecule has 6 aromatic carbocycles. The lowest BCUT2D eigenvalue weighted by Gasteiger charge is -2.13. The van der Waals surface area contributed by atoms with Crippen molar-refractivity contribution in [3.8, 4) is 29.2 Å². The van der Waals surface area contributed by atoms with E-state index in [0.29, 0.717) is 23.4 Å². The molecule has 0 aliphatic carbocycles. The number of aromatic nitrogens is 7. The molecule has 11 rings (SSSR count). The molecule has 238 valence electrons. The molecule has 0 amide bonds. The molecule has 7 heteroatoms. The molecule has 51 heavy (non-hydrogen) atoms. The number of rotatable bonds is 4. The monoisotopic (exact) mass is 653 g/mol. The molecule has 5 heterocycles. The minimum absolute atomic E-state index is 0.487. The van der Waals surface area contributed by atoms with E-state index in [0.717, 1.165) is 60.5 Å². The third kappa shape index (κ3) is 4.06. The molecule has 0 saturated carbocycles. The zero-order valence-electron chi connectivity index (χ0n) is 27.2. The molecular formula is C44H27N7. The van der Waals surface area contributed by atoms with Crippen LogP contribution >= 0.6 is 0 Å². The number of para-hydroxylation sites is 6. The number of benzene rings is 6. The Hall–Kier alpha value is -7.12. The highest BCUT2D eigenvalue weighted by atomic mass is 15.3. The molecule has 5 aromatic heterocycles. The lowest BCUT2D eigenvalue weighted by atomic mass is 10.2. The molecule has 0 spiro atoms. The van der Waals surface area contributed by atoms with E-state index < -0.39 is 0 Å². The van der Waals surface area contributed by atoms with Crippen molar-refractivity contribution in [2.75, 3.05) is 0 Å². The van der Waals surface area contributed by atoms with Gasteiger partial charge in [-0.2, -0.15) is 15.0 Å². The summed E-state index contributed by atoms with van der Waals surface area (Å²) < 4.78 is 6.51. The van der Waals surface area contributed by atoms with Crippen molar-refractivity contribution < 1.29 is 0 Å². The fourth-order valence-electron chi connectivity index (χ4n) is 7.79. The van der Waals surface area contributed by atoms with Gasteiger partial charge in [0.05, 0.1) is 33.1 Å². The summed E-state index contributed by atoms with van der Waals surface area (Å²) in [5.41, 5.74) is 6.94. The van der Waals surface area contributed by atoms with Crippen molar-refractivity contribution in [1.29, 1.82) is 0 Å². The van der Waals surface area contributed by atoms with Crippen LogP contribution in [0.2, 0.25) is 0 Å². The Labute approximate surface area is 291 Å². The summed E-state index contributed by atoms with van der Waals surface area (Å²) in [5, 5.41) is 6.92. The second-order valence-electron chi connectivity index (χ2n) is 12.7. The summed E-state index contributed by atoms with van der Waals surface area (Å²) in [4.78, 5) is 21.0. The van der Waals surface area contributed by atoms with Crippen molar-refractivity contribution in [3.63, 3.8) is 0 Å². The predicted molar refractivity (Wildman–Crippen MR) is 206 cm³/mol. The molecule has 11 aromatic rings. The number of hydrogen-bond donors (Lipinski definition) is 0. The van der Waals surface area contributed by atoms with E-state index in [1.165, 1.54) is 10.8 Å². The minimum Gasteiger partial charge on any atom is -0.294 e. The fourth-order valence-corrected chi connectivity index (χ4v) is 7.79. The summed E-state index contributed by atoms with van der Waals surface area (Å²) in [7, 11) is 0. The van der Waals surface area contributed by atoms with Gasteiger partial charge in [-0.05, 0) is 48.5 Å². The third-order valence-corrected chi connectivity index (χ3v) is 9.94. The quantitative estimate of drug-likeness (QED) is 0.190. The molecule has 0 atom stereocenters. The van der Waals surface area contributed by atoms with Crippen molar-refractivity contribution in [3.05, 3.63) is 164 Å². The van der Waals surface area contributed by atoms with Crippen LogP contribution in [0, 0.1) is 0 Å². The van der Waals surface area contributed by atoms with Gasteiger partial charge in [0.2, 0.25) is 11.9 Å². The molecule has 0 fully saturated rings. The highest BCUT2D eigenvalue weighted by Gasteiger charge is 2.21. The maximum absolute atomic E-state index is 5.27. The first-order valence-electron chi connectivity index (χ1n) is 17.0. The Morgan fingerprint density at radius 1 is 0.275 bits per heavy atom. The number of nitrogens with zero attached hydrogens (tertiary/aromatic N) is 7. The van der Waals surface area contributed by atoms with Crippen LogP contribution in [0.4, 0.5) is 0 Å². The van der Waals surface area contributed by atoms with Crippen molar-refractivity contribution in [2.45, 2.75) is 0 Å². The molecule has 0 N–H and O–H groups in total. The van der Waals surface area contributed by atoms with Crippen LogP contribution in [0.3, 0.4) is 0 Å². The Morgan fingerprint density at radius 2 is 0.608 bits per heavy atom. The molecule has 0 radical (unpaired) electrons. The van der Waals surface area contributed by atoms with E-state index in [2.05, 4.69) is 159 Å². The zero-order chi connectivity index (χ0) is 33.5. The van der Waals surface area contributed by atoms with Crippen LogP contribution in [-0.2, 0) is 0 Å². The van der Waals surface area contributed by atoms with Gasteiger partial charge >= 0.3 is 0 Å². The molecule has 7 nitrogen and oxygen atoms in total. The second kappa shape index (κ2) is 10.7. The van der Waals surface area contributed by atoms with Gasteiger partial charge in [-0.25, -0.2) is 4.98 Å². The first-order chi connectivity index (χ1) is 25.3. The maximum Gasteiger partial charge on any atom is 0.240 e. The van der Waals surface area contributed by atoms with Gasteiger partial charge in [-0.3, -0.25) is 13.7 Å². The number of pyridine rings is 1. The van der Waals surface area contributed by atoms with Gasteiger partial charge in [0.15, 0.2) is 5.82 Å². The van der Waals surface area contributed by atoms with Gasteiger partial charge in [-0.15, -0.1) is 0 Å². The highest BCUT2D eigenvalue weighted by molar-refractivity contribution is 6.11. The molecule has 0 bridgehead atoms. The molecule has 0 unspecified atom stereocenters. The Bertz CT molecular complexity index is 2870. The average molecular weight is 654 g/mol. The van der Waals surface area contributed by atoms with Crippen LogP contribution < -0.4 is 0 Å². The van der Waals surface area contributed by atoms with Gasteiger partial charge in [-0.1, -0.05) is 115 Å². The third-order valence-electron chi connectivity index (χ3n) is 9.94. The van der Waals surface area contributed by atoms with Crippen LogP contribution in [0.15, 0.2) is 164 Å². The summed E-state index contributed by atoms with van der Waals surface area (Å²) in [6.07, 6.45) is 0. The SMILES string of the molecule is c1cc(-c2nc(-n3c4ccccc4c4ccccc43)nc(-n3c4ccccc4c4ccccc43)n2)nc(-n2c3ccccc3c3ccccc32)c1. The largest absolute Gasteiger partial charge is 0.294 e. The molecule has 0 aliphatic rings. The normalized spacial score (nSPS) is 11.9. The predicted octanol–water partition coefficient (Wildman–Crippen LogP) is 10.2. The van der Waals surface area contributed by atoms with E-state index >= 15 is 0 Å². The molecule has 0 aliphatic heterocycles. The fraction of sp³-hybridized carbons (Fsp3) is 0. The number of hydrogen-bond acceptors (Lipinski definition) is 4. The number of fused-ring (bicyclic) bond motifs is 9. The Morgan fingerprint density at radius 3 is 0.980 bits per heavy atom. The topological polar surface area (TPSA) is 66.3 Å². The van der Waals surface area contributed by atoms with Gasteiger partial charge in [0.1, 0.15) is 11.5 Å². The van der Waals surface area contributed by atoms with Crippen LogP contribution in [0.5, 0.6) is 0 Å². The van der Waals surface area contributed by atoms with Crippen molar-refractivity contribution >= 4 is 65.4 Å². The molecular weight excluding hydrogens is 627 g/mol. The molecule has 0 saturated heterocycles. The van der Waals surface area contributed by atoms with E-state index in [1.54, 1.807) is 0 Å². The van der Waals surface area contributed by atoms with Gasteiger partial charge in [0.25, 0.3) is 0 Å². The first kappa shape index (κ1) is 27.8.